The molecule has 0 saturated heterocycles. The summed E-state index contributed by atoms with van der Waals surface area (Å²) in [7, 11) is 0. The van der Waals surface area contributed by atoms with E-state index in [0.717, 1.165) is 28.7 Å². The van der Waals surface area contributed by atoms with Crippen LogP contribution >= 0.6 is 0 Å². The van der Waals surface area contributed by atoms with Crippen molar-refractivity contribution in [2.45, 2.75) is 46.2 Å². The Morgan fingerprint density at radius 1 is 1.00 bits per heavy atom. The van der Waals surface area contributed by atoms with E-state index in [4.69, 9.17) is 4.74 Å². The van der Waals surface area contributed by atoms with Crippen LogP contribution in [0.2, 0.25) is 0 Å². The standard InChI is InChI=1S/C29H32N2O3/c1-4-28(33)31-15-14-23-12-13-25(17-26(23)29(31)24-10-8-20(2)9-11-24)34-19-27(32)30-18-22-7-5-6-21(3)16-22/h5-13,16-17,29H,4,14-15,18-19H2,1-3H3,(H,30,32). The number of amides is 2. The lowest BCUT2D eigenvalue weighted by atomic mass is 9.87. The number of fused-ring (bicyclic) bond motifs is 1. The van der Waals surface area contributed by atoms with Gasteiger partial charge in [0.15, 0.2) is 6.61 Å². The van der Waals surface area contributed by atoms with Crippen molar-refractivity contribution in [3.05, 3.63) is 100 Å². The number of hydrogen-bond donors (Lipinski definition) is 1. The third-order valence-corrected chi connectivity index (χ3v) is 6.30. The summed E-state index contributed by atoms with van der Waals surface area (Å²) in [5.74, 6) is 0.600. The monoisotopic (exact) mass is 456 g/mol. The van der Waals surface area contributed by atoms with E-state index >= 15 is 0 Å². The molecule has 5 heteroatoms. The molecule has 34 heavy (non-hydrogen) atoms. The molecule has 0 bridgehead atoms. The van der Waals surface area contributed by atoms with Crippen LogP contribution in [0.5, 0.6) is 5.75 Å². The molecule has 1 N–H and O–H groups in total. The summed E-state index contributed by atoms with van der Waals surface area (Å²) < 4.78 is 5.86. The first kappa shape index (κ1) is 23.6. The Kier molecular flexibility index (Phi) is 7.31. The molecule has 0 aliphatic carbocycles. The fourth-order valence-corrected chi connectivity index (χ4v) is 4.49. The number of aryl methyl sites for hydroxylation is 2. The zero-order valence-corrected chi connectivity index (χ0v) is 20.1. The molecule has 1 unspecified atom stereocenters. The van der Waals surface area contributed by atoms with Gasteiger partial charge in [0, 0.05) is 19.5 Å². The number of hydrogen-bond acceptors (Lipinski definition) is 3. The van der Waals surface area contributed by atoms with E-state index in [1.54, 1.807) is 0 Å². The SMILES string of the molecule is CCC(=O)N1CCc2ccc(OCC(=O)NCc3cccc(C)c3)cc2C1c1ccc(C)cc1. The van der Waals surface area contributed by atoms with Crippen molar-refractivity contribution in [3.63, 3.8) is 0 Å². The molecule has 0 radical (unpaired) electrons. The molecule has 3 aromatic carbocycles. The van der Waals surface area contributed by atoms with Crippen molar-refractivity contribution in [3.8, 4) is 5.75 Å². The molecule has 1 aliphatic rings. The summed E-state index contributed by atoms with van der Waals surface area (Å²) in [6, 6.07) is 22.2. The van der Waals surface area contributed by atoms with E-state index in [-0.39, 0.29) is 24.5 Å². The van der Waals surface area contributed by atoms with E-state index in [0.29, 0.717) is 25.3 Å². The Morgan fingerprint density at radius 2 is 1.79 bits per heavy atom. The van der Waals surface area contributed by atoms with Crippen LogP contribution in [0.3, 0.4) is 0 Å². The highest BCUT2D eigenvalue weighted by molar-refractivity contribution is 5.78. The number of carbonyl (C=O) groups is 2. The Labute approximate surface area is 201 Å². The molecular weight excluding hydrogens is 424 g/mol. The van der Waals surface area contributed by atoms with Crippen LogP contribution < -0.4 is 10.1 Å². The van der Waals surface area contributed by atoms with Gasteiger partial charge in [0.2, 0.25) is 5.91 Å². The molecule has 0 aromatic heterocycles. The van der Waals surface area contributed by atoms with Crippen LogP contribution in [-0.2, 0) is 22.6 Å². The van der Waals surface area contributed by atoms with Gasteiger partial charge in [-0.15, -0.1) is 0 Å². The highest BCUT2D eigenvalue weighted by atomic mass is 16.5. The maximum atomic E-state index is 12.8. The first-order chi connectivity index (χ1) is 16.4. The van der Waals surface area contributed by atoms with Crippen molar-refractivity contribution in [2.75, 3.05) is 13.2 Å². The van der Waals surface area contributed by atoms with Crippen LogP contribution in [0.15, 0.2) is 66.7 Å². The van der Waals surface area contributed by atoms with Crippen LogP contribution in [0.1, 0.15) is 52.8 Å². The zero-order chi connectivity index (χ0) is 24.1. The van der Waals surface area contributed by atoms with Crippen LogP contribution in [0.4, 0.5) is 0 Å². The fourth-order valence-electron chi connectivity index (χ4n) is 4.49. The van der Waals surface area contributed by atoms with Gasteiger partial charge in [0.25, 0.3) is 5.91 Å². The molecule has 1 aliphatic heterocycles. The molecule has 5 nitrogen and oxygen atoms in total. The molecule has 4 rings (SSSR count). The predicted octanol–water partition coefficient (Wildman–Crippen LogP) is 4.88. The van der Waals surface area contributed by atoms with Gasteiger partial charge < -0.3 is 15.0 Å². The summed E-state index contributed by atoms with van der Waals surface area (Å²) in [5, 5.41) is 2.91. The average molecular weight is 457 g/mol. The first-order valence-electron chi connectivity index (χ1n) is 11.9. The molecule has 2 amide bonds. The Balaban J connectivity index is 1.50. The largest absolute Gasteiger partial charge is 0.484 e. The maximum Gasteiger partial charge on any atom is 0.258 e. The van der Waals surface area contributed by atoms with Crippen molar-refractivity contribution >= 4 is 11.8 Å². The number of carbonyl (C=O) groups excluding carboxylic acids is 2. The smallest absolute Gasteiger partial charge is 0.258 e. The summed E-state index contributed by atoms with van der Waals surface area (Å²) in [4.78, 5) is 27.1. The predicted molar refractivity (Wildman–Crippen MR) is 134 cm³/mol. The van der Waals surface area contributed by atoms with Gasteiger partial charge >= 0.3 is 0 Å². The fraction of sp³-hybridized carbons (Fsp3) is 0.310. The van der Waals surface area contributed by atoms with Crippen LogP contribution in [-0.4, -0.2) is 29.9 Å². The first-order valence-corrected chi connectivity index (χ1v) is 11.9. The third-order valence-electron chi connectivity index (χ3n) is 6.30. The second kappa shape index (κ2) is 10.6. The number of nitrogens with zero attached hydrogens (tertiary/aromatic N) is 1. The van der Waals surface area contributed by atoms with Gasteiger partial charge in [-0.1, -0.05) is 72.6 Å². The highest BCUT2D eigenvalue weighted by Crippen LogP contribution is 2.37. The minimum atomic E-state index is -0.169. The maximum absolute atomic E-state index is 12.8. The van der Waals surface area contributed by atoms with Crippen molar-refractivity contribution in [1.29, 1.82) is 0 Å². The van der Waals surface area contributed by atoms with E-state index in [1.807, 2.05) is 49.1 Å². The molecule has 176 valence electrons. The van der Waals surface area contributed by atoms with E-state index < -0.39 is 0 Å². The van der Waals surface area contributed by atoms with Gasteiger partial charge in [0.05, 0.1) is 6.04 Å². The van der Waals surface area contributed by atoms with Gasteiger partial charge in [-0.05, 0) is 54.7 Å². The van der Waals surface area contributed by atoms with E-state index in [9.17, 15) is 9.59 Å². The van der Waals surface area contributed by atoms with Gasteiger partial charge in [0.1, 0.15) is 5.75 Å². The Bertz CT molecular complexity index is 1170. The highest BCUT2D eigenvalue weighted by Gasteiger charge is 2.31. The molecule has 1 atom stereocenters. The summed E-state index contributed by atoms with van der Waals surface area (Å²) >= 11 is 0. The minimum absolute atomic E-state index is 0.0581. The van der Waals surface area contributed by atoms with Crippen molar-refractivity contribution in [1.82, 2.24) is 10.2 Å². The van der Waals surface area contributed by atoms with Crippen molar-refractivity contribution < 1.29 is 14.3 Å². The molecular formula is C29H32N2O3. The number of nitrogens with one attached hydrogen (secondary N) is 1. The van der Waals surface area contributed by atoms with Gasteiger partial charge in [-0.2, -0.15) is 0 Å². The van der Waals surface area contributed by atoms with E-state index in [2.05, 4.69) is 48.6 Å². The molecule has 0 fully saturated rings. The Hall–Kier alpha value is -3.60. The average Bonchev–Trinajstić information content (AvgIpc) is 2.85. The van der Waals surface area contributed by atoms with Crippen molar-refractivity contribution in [2.24, 2.45) is 0 Å². The van der Waals surface area contributed by atoms with E-state index in [1.165, 1.54) is 11.1 Å². The summed E-state index contributed by atoms with van der Waals surface area (Å²) in [5.41, 5.74) is 6.76. The lowest BCUT2D eigenvalue weighted by Gasteiger charge is -2.38. The van der Waals surface area contributed by atoms with Gasteiger partial charge in [-0.25, -0.2) is 0 Å². The number of benzene rings is 3. The normalized spacial score (nSPS) is 14.9. The van der Waals surface area contributed by atoms with Gasteiger partial charge in [-0.3, -0.25) is 9.59 Å². The van der Waals surface area contributed by atoms with Crippen LogP contribution in [0.25, 0.3) is 0 Å². The lowest BCUT2D eigenvalue weighted by Crippen LogP contribution is -2.40. The summed E-state index contributed by atoms with van der Waals surface area (Å²) in [6.45, 7) is 7.10. The quantitative estimate of drug-likeness (QED) is 0.551. The number of rotatable bonds is 7. The van der Waals surface area contributed by atoms with Crippen LogP contribution in [0, 0.1) is 13.8 Å². The minimum Gasteiger partial charge on any atom is -0.484 e. The molecule has 0 saturated carbocycles. The number of ether oxygens (including phenoxy) is 1. The second-order valence-electron chi connectivity index (χ2n) is 8.92. The summed E-state index contributed by atoms with van der Waals surface area (Å²) in [6.07, 6.45) is 1.27. The third kappa shape index (κ3) is 5.48. The zero-order valence-electron chi connectivity index (χ0n) is 20.1. The lowest BCUT2D eigenvalue weighted by molar-refractivity contribution is -0.133. The molecule has 0 spiro atoms. The topological polar surface area (TPSA) is 58.6 Å². The second-order valence-corrected chi connectivity index (χ2v) is 8.92. The molecule has 3 aromatic rings. The Morgan fingerprint density at radius 3 is 2.53 bits per heavy atom. The molecule has 1 heterocycles.